The molecule has 0 spiro atoms. The van der Waals surface area contributed by atoms with Gasteiger partial charge in [0.25, 0.3) is 11.8 Å². The molecule has 1 atom stereocenters. The van der Waals surface area contributed by atoms with Crippen molar-refractivity contribution in [3.8, 4) is 11.5 Å². The van der Waals surface area contributed by atoms with E-state index in [1.807, 2.05) is 24.3 Å². The first kappa shape index (κ1) is 18.8. The minimum Gasteiger partial charge on any atom is -0.415 e. The Bertz CT molecular complexity index is 866. The third-order valence-electron chi connectivity index (χ3n) is 4.02. The van der Waals surface area contributed by atoms with Crippen molar-refractivity contribution >= 4 is 5.95 Å². The van der Waals surface area contributed by atoms with E-state index in [1.165, 1.54) is 18.0 Å². The summed E-state index contributed by atoms with van der Waals surface area (Å²) in [6.07, 6.45) is -0.0662. The van der Waals surface area contributed by atoms with E-state index in [9.17, 15) is 13.9 Å². The molecule has 2 aromatic heterocycles. The Morgan fingerprint density at radius 1 is 1.04 bits per heavy atom. The van der Waals surface area contributed by atoms with Gasteiger partial charge in [0, 0.05) is 12.4 Å². The number of benzene rings is 1. The number of aliphatic hydroxyl groups is 1. The quantitative estimate of drug-likeness (QED) is 0.649. The Morgan fingerprint density at radius 2 is 1.67 bits per heavy atom. The smallest absolute Gasteiger partial charge is 0.314 e. The summed E-state index contributed by atoms with van der Waals surface area (Å²) >= 11 is 0. The van der Waals surface area contributed by atoms with Gasteiger partial charge in [-0.3, -0.25) is 0 Å². The molecule has 1 aromatic carbocycles. The second-order valence-corrected chi connectivity index (χ2v) is 6.24. The van der Waals surface area contributed by atoms with Crippen molar-refractivity contribution in [2.24, 2.45) is 0 Å². The Labute approximate surface area is 154 Å². The van der Waals surface area contributed by atoms with Crippen molar-refractivity contribution in [1.29, 1.82) is 0 Å². The minimum absolute atomic E-state index is 0.0835. The van der Waals surface area contributed by atoms with Crippen LogP contribution in [-0.4, -0.2) is 31.9 Å². The van der Waals surface area contributed by atoms with Crippen LogP contribution in [0.3, 0.4) is 0 Å². The van der Waals surface area contributed by atoms with E-state index in [0.717, 1.165) is 5.56 Å². The van der Waals surface area contributed by atoms with E-state index in [2.05, 4.69) is 39.3 Å². The van der Waals surface area contributed by atoms with Crippen molar-refractivity contribution in [2.75, 3.05) is 11.9 Å². The van der Waals surface area contributed by atoms with Crippen LogP contribution in [0.5, 0.6) is 0 Å². The molecule has 0 aliphatic heterocycles. The van der Waals surface area contributed by atoms with Gasteiger partial charge in [-0.05, 0) is 17.0 Å². The van der Waals surface area contributed by atoms with Crippen LogP contribution in [0.4, 0.5) is 14.7 Å². The topological polar surface area (TPSA) is 97.0 Å². The zero-order chi connectivity index (χ0) is 19.4. The number of nitrogens with one attached hydrogen (secondary N) is 1. The summed E-state index contributed by atoms with van der Waals surface area (Å²) in [6.45, 7) is 4.08. The summed E-state index contributed by atoms with van der Waals surface area (Å²) in [7, 11) is 0. The monoisotopic (exact) mass is 375 g/mol. The van der Waals surface area contributed by atoms with Gasteiger partial charge in [-0.1, -0.05) is 38.1 Å². The number of halogens is 2. The first-order valence-corrected chi connectivity index (χ1v) is 8.39. The van der Waals surface area contributed by atoms with Gasteiger partial charge >= 0.3 is 6.43 Å². The lowest BCUT2D eigenvalue weighted by atomic mass is 9.99. The number of anilines is 1. The van der Waals surface area contributed by atoms with E-state index in [4.69, 9.17) is 4.42 Å². The highest BCUT2D eigenvalue weighted by Crippen LogP contribution is 2.24. The normalized spacial score (nSPS) is 12.6. The summed E-state index contributed by atoms with van der Waals surface area (Å²) in [6, 6.07) is 7.55. The SMILES string of the molecule is CC(C)c1ccc(C(CO)Nc2ncc(-c3nnc(C(F)F)o3)cn2)cc1. The molecule has 0 bridgehead atoms. The molecule has 7 nitrogen and oxygen atoms in total. The highest BCUT2D eigenvalue weighted by molar-refractivity contribution is 5.50. The predicted octanol–water partition coefficient (Wildman–Crippen LogP) is 3.73. The molecule has 3 aromatic rings. The molecular weight excluding hydrogens is 356 g/mol. The van der Waals surface area contributed by atoms with Crippen LogP contribution in [0.1, 0.15) is 49.3 Å². The van der Waals surface area contributed by atoms with Gasteiger partial charge in [-0.2, -0.15) is 8.78 Å². The molecule has 0 aliphatic carbocycles. The van der Waals surface area contributed by atoms with E-state index in [-0.39, 0.29) is 24.5 Å². The molecule has 142 valence electrons. The van der Waals surface area contributed by atoms with Crippen LogP contribution in [-0.2, 0) is 0 Å². The number of hydrogen-bond donors (Lipinski definition) is 2. The maximum Gasteiger partial charge on any atom is 0.314 e. The van der Waals surface area contributed by atoms with Gasteiger partial charge in [0.15, 0.2) is 0 Å². The summed E-state index contributed by atoms with van der Waals surface area (Å²) in [4.78, 5) is 8.24. The molecule has 0 saturated heterocycles. The van der Waals surface area contributed by atoms with E-state index in [0.29, 0.717) is 11.5 Å². The minimum atomic E-state index is -2.83. The van der Waals surface area contributed by atoms with Gasteiger partial charge in [0.2, 0.25) is 5.95 Å². The Balaban J connectivity index is 1.72. The number of nitrogens with zero attached hydrogens (tertiary/aromatic N) is 4. The van der Waals surface area contributed by atoms with Gasteiger partial charge in [0.05, 0.1) is 18.2 Å². The highest BCUT2D eigenvalue weighted by Gasteiger charge is 2.18. The third-order valence-corrected chi connectivity index (χ3v) is 4.02. The number of aliphatic hydroxyl groups excluding tert-OH is 1. The summed E-state index contributed by atoms with van der Waals surface area (Å²) in [5.41, 5.74) is 2.42. The fourth-order valence-electron chi connectivity index (χ4n) is 2.46. The zero-order valence-corrected chi connectivity index (χ0v) is 14.8. The number of alkyl halides is 2. The standard InChI is InChI=1S/C18H19F2N5O2/c1-10(2)11-3-5-12(6-4-11)14(9-26)23-18-21-7-13(8-22-18)16-24-25-17(27-16)15(19)20/h3-8,10,14-15,26H,9H2,1-2H3,(H,21,22,23). The Hall–Kier alpha value is -2.94. The van der Waals surface area contributed by atoms with Crippen LogP contribution in [0, 0.1) is 0 Å². The molecule has 1 unspecified atom stereocenters. The average Bonchev–Trinajstić information content (AvgIpc) is 3.17. The van der Waals surface area contributed by atoms with Crippen molar-refractivity contribution in [3.63, 3.8) is 0 Å². The number of aromatic nitrogens is 4. The van der Waals surface area contributed by atoms with Gasteiger partial charge in [-0.25, -0.2) is 9.97 Å². The third kappa shape index (κ3) is 4.43. The van der Waals surface area contributed by atoms with Gasteiger partial charge in [0.1, 0.15) is 0 Å². The number of hydrogen-bond acceptors (Lipinski definition) is 7. The molecule has 9 heteroatoms. The second kappa shape index (κ2) is 8.17. The molecule has 3 rings (SSSR count). The predicted molar refractivity (Wildman–Crippen MR) is 94.3 cm³/mol. The molecule has 0 amide bonds. The Morgan fingerprint density at radius 3 is 2.19 bits per heavy atom. The van der Waals surface area contributed by atoms with Crippen LogP contribution in [0.2, 0.25) is 0 Å². The molecule has 0 fully saturated rings. The first-order valence-electron chi connectivity index (χ1n) is 8.39. The molecular formula is C18H19F2N5O2. The van der Waals surface area contributed by atoms with Crippen molar-refractivity contribution in [3.05, 3.63) is 53.7 Å². The number of rotatable bonds is 7. The maximum atomic E-state index is 12.5. The first-order chi connectivity index (χ1) is 13.0. The van der Waals surface area contributed by atoms with Crippen molar-refractivity contribution < 1.29 is 18.3 Å². The molecule has 27 heavy (non-hydrogen) atoms. The van der Waals surface area contributed by atoms with Gasteiger partial charge in [-0.15, -0.1) is 10.2 Å². The fraction of sp³-hybridized carbons (Fsp3) is 0.333. The lowest BCUT2D eigenvalue weighted by Gasteiger charge is -2.17. The lowest BCUT2D eigenvalue weighted by molar-refractivity contribution is 0.116. The molecule has 2 heterocycles. The van der Waals surface area contributed by atoms with Crippen LogP contribution >= 0.6 is 0 Å². The second-order valence-electron chi connectivity index (χ2n) is 6.24. The molecule has 0 radical (unpaired) electrons. The largest absolute Gasteiger partial charge is 0.415 e. The van der Waals surface area contributed by atoms with Gasteiger partial charge < -0.3 is 14.8 Å². The average molecular weight is 375 g/mol. The van der Waals surface area contributed by atoms with Crippen LogP contribution in [0.15, 0.2) is 41.1 Å². The molecule has 2 N–H and O–H groups in total. The van der Waals surface area contributed by atoms with E-state index < -0.39 is 12.3 Å². The van der Waals surface area contributed by atoms with Crippen molar-refractivity contribution in [2.45, 2.75) is 32.2 Å². The summed E-state index contributed by atoms with van der Waals surface area (Å²) in [5, 5.41) is 19.5. The Kier molecular flexibility index (Phi) is 5.70. The fourth-order valence-corrected chi connectivity index (χ4v) is 2.46. The summed E-state index contributed by atoms with van der Waals surface area (Å²) in [5.74, 6) is -0.137. The summed E-state index contributed by atoms with van der Waals surface area (Å²) < 4.78 is 29.9. The maximum absolute atomic E-state index is 12.5. The lowest BCUT2D eigenvalue weighted by Crippen LogP contribution is -2.16. The van der Waals surface area contributed by atoms with E-state index in [1.54, 1.807) is 0 Å². The molecule has 0 aliphatic rings. The highest BCUT2D eigenvalue weighted by atomic mass is 19.3. The van der Waals surface area contributed by atoms with Crippen LogP contribution < -0.4 is 5.32 Å². The van der Waals surface area contributed by atoms with Crippen molar-refractivity contribution in [1.82, 2.24) is 20.2 Å². The van der Waals surface area contributed by atoms with Crippen LogP contribution in [0.25, 0.3) is 11.5 Å². The van der Waals surface area contributed by atoms with E-state index >= 15 is 0 Å². The zero-order valence-electron chi connectivity index (χ0n) is 14.8. The molecule has 0 saturated carbocycles.